The predicted octanol–water partition coefficient (Wildman–Crippen LogP) is 5.18. The fraction of sp³-hybridized carbons (Fsp3) is 0.160. The Kier molecular flexibility index (Phi) is 5.48. The highest BCUT2D eigenvalue weighted by Crippen LogP contribution is 2.31. The van der Waals surface area contributed by atoms with E-state index in [-0.39, 0.29) is 11.8 Å². The zero-order valence-electron chi connectivity index (χ0n) is 18.1. The summed E-state index contributed by atoms with van der Waals surface area (Å²) in [5.41, 5.74) is 4.16. The number of nitrogens with one attached hydrogen (secondary N) is 2. The Morgan fingerprint density at radius 1 is 1.00 bits per heavy atom. The second-order valence-electron chi connectivity index (χ2n) is 7.86. The molecule has 2 amide bonds. The average Bonchev–Trinajstić information content (AvgIpc) is 3.31. The summed E-state index contributed by atoms with van der Waals surface area (Å²) in [5, 5.41) is 3.23. The number of aryl methyl sites for hydroxylation is 1. The number of oxazole rings is 1. The number of urea groups is 1. The first-order valence-electron chi connectivity index (χ1n) is 10.7. The summed E-state index contributed by atoms with van der Waals surface area (Å²) >= 11 is 0. The Hall–Kier alpha value is -4.20. The number of amides is 2. The first kappa shape index (κ1) is 20.7. The fourth-order valence-electron chi connectivity index (χ4n) is 3.87. The number of hydrogen-bond donors (Lipinski definition) is 1. The van der Waals surface area contributed by atoms with Crippen LogP contribution in [-0.4, -0.2) is 24.1 Å². The molecule has 1 aliphatic heterocycles. The highest BCUT2D eigenvalue weighted by Gasteiger charge is 2.28. The van der Waals surface area contributed by atoms with Crippen molar-refractivity contribution in [1.82, 2.24) is 4.98 Å². The van der Waals surface area contributed by atoms with Gasteiger partial charge in [0, 0.05) is 47.8 Å². The molecule has 2 aromatic carbocycles. The summed E-state index contributed by atoms with van der Waals surface area (Å²) in [4.78, 5) is 24.0. The molecular formula is C25H23FN5O2+. The Bertz CT molecular complexity index is 1270. The number of carbonyl (C=O) groups excluding carboxylic acids is 1. The van der Waals surface area contributed by atoms with E-state index in [1.807, 2.05) is 49.6 Å². The summed E-state index contributed by atoms with van der Waals surface area (Å²) in [6.45, 7) is 3.17. The molecule has 0 atom stereocenters. The Balaban J connectivity index is 1.38. The number of aromatic nitrogens is 2. The molecule has 2 aromatic heterocycles. The number of rotatable bonds is 5. The molecule has 0 saturated carbocycles. The van der Waals surface area contributed by atoms with Crippen LogP contribution in [0.15, 0.2) is 77.6 Å². The van der Waals surface area contributed by atoms with Gasteiger partial charge in [0.1, 0.15) is 5.82 Å². The number of benzene rings is 2. The fourth-order valence-corrected chi connectivity index (χ4v) is 3.87. The lowest BCUT2D eigenvalue weighted by atomic mass is 10.1. The number of carbonyl (C=O) groups is 1. The van der Waals surface area contributed by atoms with Crippen molar-refractivity contribution in [2.24, 2.45) is 0 Å². The van der Waals surface area contributed by atoms with Gasteiger partial charge in [-0.25, -0.2) is 19.2 Å². The molecule has 0 bridgehead atoms. The molecule has 166 valence electrons. The Morgan fingerprint density at radius 2 is 1.70 bits per heavy atom. The number of pyridine rings is 1. The van der Waals surface area contributed by atoms with Crippen LogP contribution < -0.4 is 20.1 Å². The first-order valence-corrected chi connectivity index (χ1v) is 10.7. The van der Waals surface area contributed by atoms with Crippen molar-refractivity contribution in [3.05, 3.63) is 84.6 Å². The van der Waals surface area contributed by atoms with Crippen LogP contribution in [0, 0.1) is 12.7 Å². The van der Waals surface area contributed by atoms with Crippen molar-refractivity contribution in [3.8, 4) is 11.3 Å². The molecule has 3 heterocycles. The minimum Gasteiger partial charge on any atom is -0.423 e. The van der Waals surface area contributed by atoms with E-state index in [9.17, 15) is 9.18 Å². The molecule has 8 heteroatoms. The van der Waals surface area contributed by atoms with Gasteiger partial charge in [0.25, 0.3) is 6.01 Å². The maximum atomic E-state index is 13.3. The maximum Gasteiger partial charge on any atom is 0.328 e. The molecule has 7 nitrogen and oxygen atoms in total. The largest absolute Gasteiger partial charge is 0.423 e. The third-order valence-electron chi connectivity index (χ3n) is 5.65. The highest BCUT2D eigenvalue weighted by atomic mass is 19.1. The molecule has 33 heavy (non-hydrogen) atoms. The van der Waals surface area contributed by atoms with E-state index in [0.29, 0.717) is 30.6 Å². The molecular weight excluding hydrogens is 421 g/mol. The zero-order chi connectivity index (χ0) is 22.8. The average molecular weight is 444 g/mol. The van der Waals surface area contributed by atoms with Gasteiger partial charge in [-0.3, -0.25) is 9.80 Å². The van der Waals surface area contributed by atoms with Crippen molar-refractivity contribution in [2.75, 3.05) is 28.2 Å². The van der Waals surface area contributed by atoms with E-state index in [2.05, 4.69) is 15.3 Å². The van der Waals surface area contributed by atoms with E-state index in [4.69, 9.17) is 4.42 Å². The topological polar surface area (TPSA) is 75.8 Å². The van der Waals surface area contributed by atoms with E-state index < -0.39 is 0 Å². The van der Waals surface area contributed by atoms with E-state index in [1.54, 1.807) is 28.1 Å². The van der Waals surface area contributed by atoms with Gasteiger partial charge in [-0.15, -0.1) is 0 Å². The first-order chi connectivity index (χ1) is 16.1. The smallest absolute Gasteiger partial charge is 0.328 e. The van der Waals surface area contributed by atoms with Gasteiger partial charge in [0.05, 0.1) is 6.20 Å². The molecule has 0 radical (unpaired) electrons. The zero-order valence-corrected chi connectivity index (χ0v) is 18.1. The van der Waals surface area contributed by atoms with Crippen molar-refractivity contribution in [3.63, 3.8) is 0 Å². The van der Waals surface area contributed by atoms with Crippen LogP contribution in [0.25, 0.3) is 11.3 Å². The molecule has 0 aliphatic carbocycles. The molecule has 5 rings (SSSR count). The highest BCUT2D eigenvalue weighted by molar-refractivity contribution is 6.04. The van der Waals surface area contributed by atoms with Gasteiger partial charge in [-0.2, -0.15) is 0 Å². The Labute approximate surface area is 190 Å². The SMILES string of the molecule is Cc1ccc(N2CCCN(c3ccc(F)cc3)C2=O)cc1Nc1ncc(-c2cc[nH+]cc2)o1. The van der Waals surface area contributed by atoms with Crippen LogP contribution in [0.4, 0.5) is 32.3 Å². The van der Waals surface area contributed by atoms with Crippen LogP contribution in [0.3, 0.4) is 0 Å². The van der Waals surface area contributed by atoms with Crippen molar-refractivity contribution in [2.45, 2.75) is 13.3 Å². The van der Waals surface area contributed by atoms with Gasteiger partial charge in [0.15, 0.2) is 18.2 Å². The van der Waals surface area contributed by atoms with Crippen LogP contribution in [0.2, 0.25) is 0 Å². The monoisotopic (exact) mass is 444 g/mol. The number of H-pyrrole nitrogens is 1. The lowest BCUT2D eigenvalue weighted by Crippen LogP contribution is -2.49. The lowest BCUT2D eigenvalue weighted by molar-refractivity contribution is -0.377. The molecule has 1 saturated heterocycles. The standard InChI is InChI=1S/C25H22FN5O2/c1-17-3-6-21(31-14-2-13-30(25(31)32)20-7-4-19(26)5-8-20)15-22(17)29-24-28-16-23(33-24)18-9-11-27-12-10-18/h3-12,15-16H,2,13-14H2,1H3,(H,28,29)/p+1. The predicted molar refractivity (Wildman–Crippen MR) is 124 cm³/mol. The number of halogens is 1. The number of nitrogens with zero attached hydrogens (tertiary/aromatic N) is 3. The van der Waals surface area contributed by atoms with Gasteiger partial charge < -0.3 is 9.73 Å². The normalized spacial score (nSPS) is 13.9. The summed E-state index contributed by atoms with van der Waals surface area (Å²) in [6.07, 6.45) is 6.12. The second kappa shape index (κ2) is 8.74. The molecule has 0 spiro atoms. The lowest BCUT2D eigenvalue weighted by Gasteiger charge is -2.36. The molecule has 2 N–H and O–H groups in total. The Morgan fingerprint density at radius 3 is 2.45 bits per heavy atom. The maximum absolute atomic E-state index is 13.3. The summed E-state index contributed by atoms with van der Waals surface area (Å²) < 4.78 is 19.2. The summed E-state index contributed by atoms with van der Waals surface area (Å²) in [6, 6.07) is 15.8. The third-order valence-corrected chi connectivity index (χ3v) is 5.65. The van der Waals surface area contributed by atoms with Crippen LogP contribution in [0.5, 0.6) is 0 Å². The molecule has 1 aliphatic rings. The number of hydrogen-bond acceptors (Lipinski definition) is 4. The van der Waals surface area contributed by atoms with E-state index >= 15 is 0 Å². The van der Waals surface area contributed by atoms with Crippen LogP contribution >= 0.6 is 0 Å². The van der Waals surface area contributed by atoms with Crippen LogP contribution in [0.1, 0.15) is 12.0 Å². The quantitative estimate of drug-likeness (QED) is 0.460. The second-order valence-corrected chi connectivity index (χ2v) is 7.86. The van der Waals surface area contributed by atoms with Crippen LogP contribution in [-0.2, 0) is 0 Å². The van der Waals surface area contributed by atoms with Crippen molar-refractivity contribution in [1.29, 1.82) is 0 Å². The van der Waals surface area contributed by atoms with Gasteiger partial charge in [0.2, 0.25) is 0 Å². The molecule has 4 aromatic rings. The number of anilines is 4. The number of aromatic amines is 1. The van der Waals surface area contributed by atoms with Crippen molar-refractivity contribution >= 4 is 29.1 Å². The molecule has 0 unspecified atom stereocenters. The van der Waals surface area contributed by atoms with Crippen molar-refractivity contribution < 1.29 is 18.6 Å². The van der Waals surface area contributed by atoms with Gasteiger partial charge >= 0.3 is 6.03 Å². The minimum atomic E-state index is -0.324. The third kappa shape index (κ3) is 4.27. The molecule has 1 fully saturated rings. The minimum absolute atomic E-state index is 0.137. The van der Waals surface area contributed by atoms with Gasteiger partial charge in [-0.1, -0.05) is 6.07 Å². The van der Waals surface area contributed by atoms with E-state index in [1.165, 1.54) is 12.1 Å². The summed E-state index contributed by atoms with van der Waals surface area (Å²) in [5.74, 6) is 0.330. The van der Waals surface area contributed by atoms with E-state index in [0.717, 1.165) is 28.9 Å². The van der Waals surface area contributed by atoms with Gasteiger partial charge in [-0.05, 0) is 55.3 Å². The summed E-state index contributed by atoms with van der Waals surface area (Å²) in [7, 11) is 0.